The summed E-state index contributed by atoms with van der Waals surface area (Å²) in [5.74, 6) is -2.26. The highest BCUT2D eigenvalue weighted by Gasteiger charge is 2.56. The lowest BCUT2D eigenvalue weighted by Crippen LogP contribution is -2.45. The average molecular weight is 448 g/mol. The van der Waals surface area contributed by atoms with Crippen LogP contribution in [0, 0.1) is 23.7 Å². The minimum Gasteiger partial charge on any atom is -0.396 e. The summed E-state index contributed by atoms with van der Waals surface area (Å²) in [5, 5.41) is 15.1. The first kappa shape index (κ1) is 23.3. The van der Waals surface area contributed by atoms with E-state index < -0.39 is 23.8 Å². The van der Waals surface area contributed by atoms with E-state index in [0.29, 0.717) is 30.1 Å². The Labute approximate surface area is 187 Å². The number of benzene rings is 1. The molecule has 3 rings (SSSR count). The maximum absolute atomic E-state index is 13.5. The van der Waals surface area contributed by atoms with E-state index in [1.54, 1.807) is 36.2 Å². The minimum absolute atomic E-state index is 0.0179. The van der Waals surface area contributed by atoms with E-state index in [-0.39, 0.29) is 30.2 Å². The number of carbonyl (C=O) groups is 3. The molecule has 1 heterocycles. The Morgan fingerprint density at radius 3 is 2.55 bits per heavy atom. The number of nitrogens with zero attached hydrogens (tertiary/aromatic N) is 1. The molecule has 1 saturated heterocycles. The second-order valence-electron chi connectivity index (χ2n) is 8.08. The van der Waals surface area contributed by atoms with Crippen LogP contribution in [0.3, 0.4) is 0 Å². The van der Waals surface area contributed by atoms with Crippen molar-refractivity contribution in [3.05, 3.63) is 41.4 Å². The van der Waals surface area contributed by atoms with Crippen molar-refractivity contribution in [2.45, 2.75) is 32.2 Å². The van der Waals surface area contributed by atoms with Crippen molar-refractivity contribution in [1.82, 2.24) is 10.2 Å². The van der Waals surface area contributed by atoms with Gasteiger partial charge in [0.1, 0.15) is 6.04 Å². The fraction of sp³-hybridized carbons (Fsp3) is 0.522. The summed E-state index contributed by atoms with van der Waals surface area (Å²) in [4.78, 5) is 41.2. The van der Waals surface area contributed by atoms with Crippen molar-refractivity contribution in [2.75, 3.05) is 25.5 Å². The zero-order valence-corrected chi connectivity index (χ0v) is 18.6. The summed E-state index contributed by atoms with van der Waals surface area (Å²) in [6.07, 6.45) is 5.74. The number of hydrogen-bond donors (Lipinski definition) is 3. The molecule has 3 N–H and O–H groups in total. The van der Waals surface area contributed by atoms with E-state index >= 15 is 0 Å². The third kappa shape index (κ3) is 4.62. The Hall–Kier alpha value is -2.38. The van der Waals surface area contributed by atoms with Gasteiger partial charge in [-0.2, -0.15) is 0 Å². The molecule has 168 valence electrons. The zero-order valence-electron chi connectivity index (χ0n) is 17.9. The van der Waals surface area contributed by atoms with Gasteiger partial charge in [-0.3, -0.25) is 14.4 Å². The number of para-hydroxylation sites is 1. The molecule has 1 aliphatic heterocycles. The molecule has 3 amide bonds. The number of anilines is 1. The van der Waals surface area contributed by atoms with E-state index in [1.807, 2.05) is 19.1 Å². The second-order valence-corrected chi connectivity index (χ2v) is 8.48. The quantitative estimate of drug-likeness (QED) is 0.421. The maximum atomic E-state index is 13.5. The van der Waals surface area contributed by atoms with Crippen LogP contribution in [-0.4, -0.2) is 54.0 Å². The van der Waals surface area contributed by atoms with Crippen LogP contribution >= 0.6 is 11.6 Å². The minimum atomic E-state index is -0.742. The van der Waals surface area contributed by atoms with Crippen LogP contribution in [0.15, 0.2) is 36.4 Å². The first-order valence-electron chi connectivity index (χ1n) is 10.8. The normalized spacial score (nSPS) is 27.2. The lowest BCUT2D eigenvalue weighted by molar-refractivity contribution is -0.140. The number of allylic oxidation sites excluding steroid dienone is 1. The second kappa shape index (κ2) is 10.3. The van der Waals surface area contributed by atoms with Crippen LogP contribution < -0.4 is 10.6 Å². The summed E-state index contributed by atoms with van der Waals surface area (Å²) in [5.41, 5.74) is 0.481. The highest BCUT2D eigenvalue weighted by molar-refractivity contribution is 6.33. The maximum Gasteiger partial charge on any atom is 0.247 e. The lowest BCUT2D eigenvalue weighted by atomic mass is 9.69. The molecule has 1 aliphatic carbocycles. The van der Waals surface area contributed by atoms with Crippen molar-refractivity contribution in [3.8, 4) is 0 Å². The molecule has 7 nitrogen and oxygen atoms in total. The Morgan fingerprint density at radius 2 is 1.90 bits per heavy atom. The van der Waals surface area contributed by atoms with E-state index in [0.717, 1.165) is 6.42 Å². The number of fused-ring (bicyclic) bond motifs is 1. The van der Waals surface area contributed by atoms with Crippen molar-refractivity contribution in [3.63, 3.8) is 0 Å². The molecule has 5 atom stereocenters. The fourth-order valence-corrected chi connectivity index (χ4v) is 5.00. The monoisotopic (exact) mass is 447 g/mol. The number of halogens is 1. The molecule has 0 spiro atoms. The van der Waals surface area contributed by atoms with Crippen LogP contribution in [0.5, 0.6) is 0 Å². The molecule has 0 radical (unpaired) electrons. The Balaban J connectivity index is 1.96. The summed E-state index contributed by atoms with van der Waals surface area (Å²) in [7, 11) is 1.57. The van der Waals surface area contributed by atoms with Crippen LogP contribution in [0.2, 0.25) is 5.02 Å². The van der Waals surface area contributed by atoms with Crippen LogP contribution in [0.1, 0.15) is 26.2 Å². The van der Waals surface area contributed by atoms with Crippen molar-refractivity contribution in [1.29, 1.82) is 0 Å². The van der Waals surface area contributed by atoms with Crippen LogP contribution in [0.25, 0.3) is 0 Å². The fourth-order valence-electron chi connectivity index (χ4n) is 4.82. The van der Waals surface area contributed by atoms with Gasteiger partial charge in [-0.25, -0.2) is 0 Å². The molecular formula is C23H30ClN3O4. The molecule has 1 fully saturated rings. The van der Waals surface area contributed by atoms with E-state index in [4.69, 9.17) is 16.7 Å². The number of carbonyl (C=O) groups excluding carboxylic acids is 3. The molecule has 0 unspecified atom stereocenters. The van der Waals surface area contributed by atoms with Gasteiger partial charge in [-0.15, -0.1) is 0 Å². The van der Waals surface area contributed by atoms with Crippen molar-refractivity contribution < 1.29 is 19.5 Å². The molecular weight excluding hydrogens is 418 g/mol. The van der Waals surface area contributed by atoms with Gasteiger partial charge in [0.15, 0.2) is 0 Å². The topological polar surface area (TPSA) is 98.7 Å². The summed E-state index contributed by atoms with van der Waals surface area (Å²) in [6.45, 7) is 2.35. The average Bonchev–Trinajstić information content (AvgIpc) is 3.06. The van der Waals surface area contributed by atoms with Gasteiger partial charge in [0, 0.05) is 26.1 Å². The predicted molar refractivity (Wildman–Crippen MR) is 119 cm³/mol. The number of rotatable bonds is 8. The van der Waals surface area contributed by atoms with Crippen molar-refractivity contribution >= 4 is 35.0 Å². The molecule has 0 bridgehead atoms. The van der Waals surface area contributed by atoms with Gasteiger partial charge >= 0.3 is 0 Å². The van der Waals surface area contributed by atoms with Gasteiger partial charge in [-0.05, 0) is 37.3 Å². The molecule has 2 aliphatic rings. The summed E-state index contributed by atoms with van der Waals surface area (Å²) >= 11 is 6.21. The molecule has 1 aromatic rings. The number of aliphatic hydroxyl groups excluding tert-OH is 1. The Bertz CT molecular complexity index is 859. The van der Waals surface area contributed by atoms with Crippen molar-refractivity contribution in [2.24, 2.45) is 23.7 Å². The third-order valence-electron chi connectivity index (χ3n) is 6.34. The first-order valence-corrected chi connectivity index (χ1v) is 11.2. The molecule has 0 saturated carbocycles. The van der Waals surface area contributed by atoms with E-state index in [1.165, 1.54) is 0 Å². The number of aliphatic hydroxyl groups is 1. The molecule has 31 heavy (non-hydrogen) atoms. The smallest absolute Gasteiger partial charge is 0.247 e. The van der Waals surface area contributed by atoms with Gasteiger partial charge in [-0.1, -0.05) is 42.8 Å². The number of amides is 3. The zero-order chi connectivity index (χ0) is 22.5. The predicted octanol–water partition coefficient (Wildman–Crippen LogP) is 2.45. The van der Waals surface area contributed by atoms with Gasteiger partial charge in [0.05, 0.1) is 22.5 Å². The van der Waals surface area contributed by atoms with Gasteiger partial charge < -0.3 is 20.6 Å². The number of unbranched alkanes of at least 4 members (excludes halogenated alkanes) is 1. The Morgan fingerprint density at radius 1 is 1.16 bits per heavy atom. The summed E-state index contributed by atoms with van der Waals surface area (Å²) in [6, 6.07) is 6.21. The molecule has 1 aromatic carbocycles. The van der Waals surface area contributed by atoms with Crippen LogP contribution in [0.4, 0.5) is 5.69 Å². The van der Waals surface area contributed by atoms with Crippen LogP contribution in [-0.2, 0) is 14.4 Å². The standard InChI is InChI=1S/C23H30ClN3O4/c1-3-14-10-11-15-19(18(14)21(29)25-2)23(31)27(12-6-7-13-28)20(15)22(30)26-17-9-5-4-8-16(17)24/h4-5,8-11,14-15,18-20,28H,3,6-7,12-13H2,1-2H3,(H,25,29)(H,26,30)/t14-,15+,18-,19-,20+/m1/s1. The largest absolute Gasteiger partial charge is 0.396 e. The SMILES string of the molecule is CC[C@@H]1C=C[C@H]2[C@@H](C(=O)N(CCCCO)[C@@H]2C(=O)Nc2ccccc2Cl)[C@@H]1C(=O)NC. The first-order chi connectivity index (χ1) is 14.9. The van der Waals surface area contributed by atoms with Gasteiger partial charge in [0.25, 0.3) is 0 Å². The highest BCUT2D eigenvalue weighted by Crippen LogP contribution is 2.45. The molecule has 8 heteroatoms. The number of nitrogens with one attached hydrogen (secondary N) is 2. The third-order valence-corrected chi connectivity index (χ3v) is 6.67. The number of hydrogen-bond acceptors (Lipinski definition) is 4. The number of likely N-dealkylation sites (tertiary alicyclic amines) is 1. The Kier molecular flexibility index (Phi) is 7.73. The van der Waals surface area contributed by atoms with E-state index in [2.05, 4.69) is 10.6 Å². The lowest BCUT2D eigenvalue weighted by Gasteiger charge is -2.33. The van der Waals surface area contributed by atoms with E-state index in [9.17, 15) is 14.4 Å². The highest BCUT2D eigenvalue weighted by atomic mass is 35.5. The van der Waals surface area contributed by atoms with Gasteiger partial charge in [0.2, 0.25) is 17.7 Å². The summed E-state index contributed by atoms with van der Waals surface area (Å²) < 4.78 is 0. The molecule has 0 aromatic heterocycles.